The van der Waals surface area contributed by atoms with Gasteiger partial charge in [0.15, 0.2) is 0 Å². The summed E-state index contributed by atoms with van der Waals surface area (Å²) in [5.41, 5.74) is -1.15. The molecule has 0 radical (unpaired) electrons. The number of anilines is 1. The summed E-state index contributed by atoms with van der Waals surface area (Å²) >= 11 is 0. The summed E-state index contributed by atoms with van der Waals surface area (Å²) in [6.45, 7) is 1.27. The molecule has 5 nitrogen and oxygen atoms in total. The van der Waals surface area contributed by atoms with E-state index in [1.807, 2.05) is 4.72 Å². The Hall–Kier alpha value is -1.77. The Morgan fingerprint density at radius 1 is 1.33 bits per heavy atom. The van der Waals surface area contributed by atoms with Crippen LogP contribution >= 0.6 is 0 Å². The summed E-state index contributed by atoms with van der Waals surface area (Å²) in [5, 5.41) is 8.42. The molecule has 9 heteroatoms. The molecule has 118 valence electrons. The summed E-state index contributed by atoms with van der Waals surface area (Å²) in [5.74, 6) is -1.62. The minimum Gasteiger partial charge on any atom is -0.481 e. The summed E-state index contributed by atoms with van der Waals surface area (Å²) < 4.78 is 63.4. The smallest absolute Gasteiger partial charge is 0.416 e. The molecule has 0 bridgehead atoms. The number of aliphatic carboxylic acids is 1. The summed E-state index contributed by atoms with van der Waals surface area (Å²) in [6, 6.07) is 3.10. The first-order chi connectivity index (χ1) is 9.51. The lowest BCUT2D eigenvalue weighted by atomic mass is 10.1. The van der Waals surface area contributed by atoms with Crippen molar-refractivity contribution in [3.63, 3.8) is 0 Å². The fourth-order valence-corrected chi connectivity index (χ4v) is 2.75. The van der Waals surface area contributed by atoms with Crippen LogP contribution in [0.3, 0.4) is 0 Å². The van der Waals surface area contributed by atoms with E-state index in [4.69, 9.17) is 5.11 Å². The number of carboxylic acids is 1. The number of rotatable bonds is 6. The van der Waals surface area contributed by atoms with Crippen molar-refractivity contribution in [1.29, 1.82) is 0 Å². The van der Waals surface area contributed by atoms with Crippen LogP contribution in [0.15, 0.2) is 18.2 Å². The molecule has 0 aliphatic heterocycles. The Balaban J connectivity index is 2.86. The highest BCUT2D eigenvalue weighted by molar-refractivity contribution is 7.92. The molecular weight excluding hydrogens is 311 g/mol. The molecular formula is C12H14F3NO4S. The number of halogens is 3. The zero-order valence-electron chi connectivity index (χ0n) is 11.1. The number of benzene rings is 1. The van der Waals surface area contributed by atoms with Gasteiger partial charge in [0.25, 0.3) is 0 Å². The molecule has 0 aromatic heterocycles. The molecule has 1 rings (SSSR count). The minimum atomic E-state index is -4.57. The van der Waals surface area contributed by atoms with E-state index < -0.39 is 33.5 Å². The Labute approximate surface area is 119 Å². The van der Waals surface area contributed by atoms with Gasteiger partial charge < -0.3 is 5.11 Å². The molecule has 0 heterocycles. The maximum atomic E-state index is 12.7. The molecule has 1 aromatic rings. The third kappa shape index (κ3) is 5.62. The molecule has 1 aromatic carbocycles. The Kier molecular flexibility index (Phi) is 5.21. The average Bonchev–Trinajstić information content (AvgIpc) is 2.29. The number of carbonyl (C=O) groups is 1. The number of carboxylic acid groups (broad SMARTS) is 1. The van der Waals surface area contributed by atoms with E-state index in [-0.39, 0.29) is 24.1 Å². The molecule has 0 saturated heterocycles. The number of sulfonamides is 1. The quantitative estimate of drug-likeness (QED) is 0.842. The van der Waals surface area contributed by atoms with Crippen molar-refractivity contribution in [2.24, 2.45) is 0 Å². The first-order valence-corrected chi connectivity index (χ1v) is 7.56. The molecule has 0 aliphatic carbocycles. The van der Waals surface area contributed by atoms with E-state index in [9.17, 15) is 26.4 Å². The van der Waals surface area contributed by atoms with Gasteiger partial charge in [-0.2, -0.15) is 13.2 Å². The summed E-state index contributed by atoms with van der Waals surface area (Å²) in [6.07, 6.45) is -5.03. The normalized spacial score (nSPS) is 12.2. The lowest BCUT2D eigenvalue weighted by molar-refractivity contribution is -0.138. The summed E-state index contributed by atoms with van der Waals surface area (Å²) in [4.78, 5) is 10.3. The summed E-state index contributed by atoms with van der Waals surface area (Å²) in [7, 11) is -3.89. The van der Waals surface area contributed by atoms with Gasteiger partial charge in [0.2, 0.25) is 10.0 Å². The highest BCUT2D eigenvalue weighted by atomic mass is 32.2. The fraction of sp³-hybridized carbons (Fsp3) is 0.417. The minimum absolute atomic E-state index is 0.0173. The average molecular weight is 325 g/mol. The van der Waals surface area contributed by atoms with Crippen molar-refractivity contribution in [3.05, 3.63) is 29.3 Å². The maximum Gasteiger partial charge on any atom is 0.416 e. The van der Waals surface area contributed by atoms with E-state index >= 15 is 0 Å². The van der Waals surface area contributed by atoms with Gasteiger partial charge in [0.05, 0.1) is 11.3 Å². The van der Waals surface area contributed by atoms with Gasteiger partial charge in [0, 0.05) is 12.1 Å². The molecule has 0 saturated carbocycles. The van der Waals surface area contributed by atoms with Gasteiger partial charge in [-0.05, 0) is 31.0 Å². The molecule has 0 spiro atoms. The highest BCUT2D eigenvalue weighted by Gasteiger charge is 2.32. The van der Waals surface area contributed by atoms with Crippen LogP contribution in [0.25, 0.3) is 0 Å². The molecule has 0 fully saturated rings. The van der Waals surface area contributed by atoms with Crippen molar-refractivity contribution in [2.75, 3.05) is 10.5 Å². The van der Waals surface area contributed by atoms with Crippen molar-refractivity contribution in [3.8, 4) is 0 Å². The van der Waals surface area contributed by atoms with Gasteiger partial charge in [-0.1, -0.05) is 6.07 Å². The van der Waals surface area contributed by atoms with E-state index in [1.165, 1.54) is 13.0 Å². The first kappa shape index (κ1) is 17.3. The number of hydrogen-bond donors (Lipinski definition) is 2. The van der Waals surface area contributed by atoms with E-state index in [1.54, 1.807) is 0 Å². The molecule has 2 N–H and O–H groups in total. The Morgan fingerprint density at radius 3 is 2.48 bits per heavy atom. The third-order valence-corrected chi connectivity index (χ3v) is 3.99. The van der Waals surface area contributed by atoms with Gasteiger partial charge in [-0.15, -0.1) is 0 Å². The molecule has 0 aliphatic rings. The number of alkyl halides is 3. The zero-order valence-corrected chi connectivity index (χ0v) is 11.9. The topological polar surface area (TPSA) is 83.5 Å². The Bertz CT molecular complexity index is 626. The van der Waals surface area contributed by atoms with Gasteiger partial charge >= 0.3 is 12.1 Å². The van der Waals surface area contributed by atoms with E-state index in [0.717, 1.165) is 6.07 Å². The van der Waals surface area contributed by atoms with Crippen molar-refractivity contribution in [2.45, 2.75) is 25.9 Å². The lowest BCUT2D eigenvalue weighted by Crippen LogP contribution is -2.18. The second-order valence-corrected chi connectivity index (χ2v) is 6.29. The van der Waals surface area contributed by atoms with Crippen LogP contribution in [0.4, 0.5) is 18.9 Å². The lowest BCUT2D eigenvalue weighted by Gasteiger charge is -2.13. The van der Waals surface area contributed by atoms with Crippen LogP contribution in [-0.2, 0) is 21.0 Å². The predicted octanol–water partition coefficient (Wildman–Crippen LogP) is 2.62. The van der Waals surface area contributed by atoms with E-state index in [0.29, 0.717) is 6.07 Å². The molecule has 0 atom stereocenters. The molecule has 21 heavy (non-hydrogen) atoms. The van der Waals surface area contributed by atoms with Crippen molar-refractivity contribution in [1.82, 2.24) is 0 Å². The standard InChI is InChI=1S/C12H14F3NO4S/c1-8-4-5-9(7-10(8)12(13,14)15)16-21(19,20)6-2-3-11(17)18/h4-5,7,16H,2-3,6H2,1H3,(H,17,18). The highest BCUT2D eigenvalue weighted by Crippen LogP contribution is 2.33. The van der Waals surface area contributed by atoms with Gasteiger partial charge in [-0.3, -0.25) is 9.52 Å². The Morgan fingerprint density at radius 2 is 1.95 bits per heavy atom. The van der Waals surface area contributed by atoms with Gasteiger partial charge in [-0.25, -0.2) is 8.42 Å². The van der Waals surface area contributed by atoms with E-state index in [2.05, 4.69) is 0 Å². The second kappa shape index (κ2) is 6.33. The second-order valence-electron chi connectivity index (χ2n) is 4.45. The van der Waals surface area contributed by atoms with Crippen LogP contribution < -0.4 is 4.72 Å². The molecule has 0 amide bonds. The van der Waals surface area contributed by atoms with Crippen LogP contribution in [0.1, 0.15) is 24.0 Å². The van der Waals surface area contributed by atoms with Crippen molar-refractivity contribution < 1.29 is 31.5 Å². The monoisotopic (exact) mass is 325 g/mol. The van der Waals surface area contributed by atoms with Crippen LogP contribution in [0.2, 0.25) is 0 Å². The zero-order chi connectivity index (χ0) is 16.3. The SMILES string of the molecule is Cc1ccc(NS(=O)(=O)CCCC(=O)O)cc1C(F)(F)F. The maximum absolute atomic E-state index is 12.7. The number of hydrogen-bond acceptors (Lipinski definition) is 3. The fourth-order valence-electron chi connectivity index (χ4n) is 1.63. The first-order valence-electron chi connectivity index (χ1n) is 5.91. The third-order valence-electron chi connectivity index (χ3n) is 2.62. The van der Waals surface area contributed by atoms with Crippen LogP contribution in [0, 0.1) is 6.92 Å². The largest absolute Gasteiger partial charge is 0.481 e. The van der Waals surface area contributed by atoms with Crippen LogP contribution in [-0.4, -0.2) is 25.2 Å². The molecule has 0 unspecified atom stereocenters. The number of aryl methyl sites for hydroxylation is 1. The number of nitrogens with one attached hydrogen (secondary N) is 1. The predicted molar refractivity (Wildman–Crippen MR) is 70.5 cm³/mol. The van der Waals surface area contributed by atoms with Gasteiger partial charge in [0.1, 0.15) is 0 Å². The van der Waals surface area contributed by atoms with Crippen LogP contribution in [0.5, 0.6) is 0 Å². The van der Waals surface area contributed by atoms with Crippen molar-refractivity contribution >= 4 is 21.7 Å².